The molecule has 0 aliphatic heterocycles. The number of hydrogen-bond acceptors (Lipinski definition) is 5. The fourth-order valence-corrected chi connectivity index (χ4v) is 1.43. The minimum Gasteiger partial charge on any atom is -0.504 e. The summed E-state index contributed by atoms with van der Waals surface area (Å²) < 4.78 is 9.17. The molecule has 16 heavy (non-hydrogen) atoms. The van der Waals surface area contributed by atoms with Crippen LogP contribution in [0.4, 0.5) is 0 Å². The number of phenolic OH excluding ortho intramolecular Hbond substituents is 1. The molecule has 0 amide bonds. The van der Waals surface area contributed by atoms with Crippen molar-refractivity contribution in [2.45, 2.75) is 6.10 Å². The molecule has 0 heterocycles. The number of hydrogen-bond donors (Lipinski definition) is 2. The predicted octanol–water partition coefficient (Wildman–Crippen LogP) is 1.26. The number of methoxy groups -OCH3 is 2. The third kappa shape index (κ3) is 2.37. The molecule has 0 saturated heterocycles. The molecule has 1 aromatic carbocycles. The normalized spacial score (nSPS) is 12.0. The lowest BCUT2D eigenvalue weighted by atomic mass is 10.1. The van der Waals surface area contributed by atoms with E-state index in [0.717, 1.165) is 13.2 Å². The van der Waals surface area contributed by atoms with Crippen molar-refractivity contribution in [2.75, 3.05) is 14.2 Å². The van der Waals surface area contributed by atoms with E-state index in [1.807, 2.05) is 0 Å². The first-order valence-electron chi connectivity index (χ1n) is 4.33. The van der Waals surface area contributed by atoms with Crippen molar-refractivity contribution in [1.29, 1.82) is 0 Å². The van der Waals surface area contributed by atoms with E-state index in [-0.39, 0.29) is 22.1 Å². The van der Waals surface area contributed by atoms with Crippen molar-refractivity contribution in [2.24, 2.45) is 0 Å². The maximum absolute atomic E-state index is 11.1. The fraction of sp³-hybridized carbons (Fsp3) is 0.300. The molecule has 0 bridgehead atoms. The number of ether oxygens (including phenoxy) is 2. The van der Waals surface area contributed by atoms with E-state index in [0.29, 0.717) is 0 Å². The van der Waals surface area contributed by atoms with Crippen LogP contribution in [-0.2, 0) is 9.53 Å². The van der Waals surface area contributed by atoms with E-state index >= 15 is 0 Å². The van der Waals surface area contributed by atoms with Crippen molar-refractivity contribution >= 4 is 17.6 Å². The van der Waals surface area contributed by atoms with Gasteiger partial charge in [-0.15, -0.1) is 0 Å². The second-order valence-electron chi connectivity index (χ2n) is 2.97. The monoisotopic (exact) mass is 246 g/mol. The number of esters is 1. The number of aliphatic hydroxyl groups excluding tert-OH is 1. The zero-order valence-corrected chi connectivity index (χ0v) is 9.49. The molecule has 0 fully saturated rings. The summed E-state index contributed by atoms with van der Waals surface area (Å²) in [5.41, 5.74) is 0.0619. The van der Waals surface area contributed by atoms with Crippen molar-refractivity contribution in [3.63, 3.8) is 0 Å². The molecule has 0 aromatic heterocycles. The van der Waals surface area contributed by atoms with E-state index in [9.17, 15) is 15.0 Å². The number of rotatable bonds is 3. The van der Waals surface area contributed by atoms with Crippen LogP contribution in [0, 0.1) is 0 Å². The Balaban J connectivity index is 3.15. The van der Waals surface area contributed by atoms with Crippen LogP contribution in [0.2, 0.25) is 5.02 Å². The summed E-state index contributed by atoms with van der Waals surface area (Å²) in [6.45, 7) is 0. The van der Waals surface area contributed by atoms with Gasteiger partial charge < -0.3 is 19.7 Å². The molecule has 1 aromatic rings. The molecule has 0 spiro atoms. The van der Waals surface area contributed by atoms with Crippen molar-refractivity contribution in [1.82, 2.24) is 0 Å². The highest BCUT2D eigenvalue weighted by molar-refractivity contribution is 6.31. The van der Waals surface area contributed by atoms with Crippen LogP contribution in [-0.4, -0.2) is 30.4 Å². The largest absolute Gasteiger partial charge is 0.504 e. The highest BCUT2D eigenvalue weighted by Gasteiger charge is 2.22. The summed E-state index contributed by atoms with van der Waals surface area (Å²) in [5, 5.41) is 19.1. The molecule has 6 heteroatoms. The SMILES string of the molecule is COC(=O)C(O)c1cc(O)c(OC)cc1Cl. The first-order valence-corrected chi connectivity index (χ1v) is 4.71. The lowest BCUT2D eigenvalue weighted by molar-refractivity contribution is -0.150. The van der Waals surface area contributed by atoms with Crippen LogP contribution >= 0.6 is 11.6 Å². The second kappa shape index (κ2) is 5.05. The molecule has 0 aliphatic carbocycles. The molecule has 88 valence electrons. The highest BCUT2D eigenvalue weighted by atomic mass is 35.5. The molecule has 1 atom stereocenters. The Bertz CT molecular complexity index is 404. The molecule has 2 N–H and O–H groups in total. The van der Waals surface area contributed by atoms with Gasteiger partial charge in [-0.1, -0.05) is 11.6 Å². The average Bonchev–Trinajstić information content (AvgIpc) is 2.29. The van der Waals surface area contributed by atoms with Gasteiger partial charge in [-0.25, -0.2) is 4.79 Å². The van der Waals surface area contributed by atoms with Gasteiger partial charge in [0, 0.05) is 11.6 Å². The highest BCUT2D eigenvalue weighted by Crippen LogP contribution is 2.35. The van der Waals surface area contributed by atoms with Gasteiger partial charge in [0.05, 0.1) is 19.2 Å². The van der Waals surface area contributed by atoms with Gasteiger partial charge in [0.25, 0.3) is 0 Å². The third-order valence-corrected chi connectivity index (χ3v) is 2.34. The van der Waals surface area contributed by atoms with Crippen molar-refractivity contribution in [3.8, 4) is 11.5 Å². The van der Waals surface area contributed by atoms with E-state index in [4.69, 9.17) is 16.3 Å². The Morgan fingerprint density at radius 3 is 2.56 bits per heavy atom. The number of aromatic hydroxyl groups is 1. The second-order valence-corrected chi connectivity index (χ2v) is 3.38. The zero-order valence-electron chi connectivity index (χ0n) is 8.73. The Kier molecular flexibility index (Phi) is 3.98. The van der Waals surface area contributed by atoms with Gasteiger partial charge in [-0.05, 0) is 6.07 Å². The van der Waals surface area contributed by atoms with Crippen LogP contribution in [0.15, 0.2) is 12.1 Å². The number of benzene rings is 1. The van der Waals surface area contributed by atoms with E-state index in [2.05, 4.69) is 4.74 Å². The number of aliphatic hydroxyl groups is 1. The van der Waals surface area contributed by atoms with Crippen LogP contribution in [0.25, 0.3) is 0 Å². The van der Waals surface area contributed by atoms with Crippen LogP contribution in [0.1, 0.15) is 11.7 Å². The Labute approximate surface area is 97.2 Å². The van der Waals surface area contributed by atoms with Crippen LogP contribution < -0.4 is 4.74 Å². The predicted molar refractivity (Wildman–Crippen MR) is 56.6 cm³/mol. The van der Waals surface area contributed by atoms with Gasteiger partial charge in [0.2, 0.25) is 0 Å². The summed E-state index contributed by atoms with van der Waals surface area (Å²) in [4.78, 5) is 11.1. The maximum atomic E-state index is 11.1. The van der Waals surface area contributed by atoms with E-state index in [1.54, 1.807) is 0 Å². The lowest BCUT2D eigenvalue weighted by Gasteiger charge is -2.12. The summed E-state index contributed by atoms with van der Waals surface area (Å²) >= 11 is 5.82. The van der Waals surface area contributed by atoms with Crippen LogP contribution in [0.3, 0.4) is 0 Å². The minimum absolute atomic E-state index is 0.0619. The minimum atomic E-state index is -1.53. The van der Waals surface area contributed by atoms with Gasteiger partial charge in [-0.3, -0.25) is 0 Å². The van der Waals surface area contributed by atoms with Crippen molar-refractivity contribution < 1.29 is 24.5 Å². The Morgan fingerprint density at radius 2 is 2.06 bits per heavy atom. The van der Waals surface area contributed by atoms with E-state index < -0.39 is 12.1 Å². The molecule has 1 unspecified atom stereocenters. The lowest BCUT2D eigenvalue weighted by Crippen LogP contribution is -2.13. The standard InChI is InChI=1S/C10H11ClO5/c1-15-8-4-6(11)5(3-7(8)12)9(13)10(14)16-2/h3-4,9,12-13H,1-2H3. The average molecular weight is 247 g/mol. The quantitative estimate of drug-likeness (QED) is 0.786. The maximum Gasteiger partial charge on any atom is 0.339 e. The molecule has 0 radical (unpaired) electrons. The smallest absolute Gasteiger partial charge is 0.339 e. The molecular weight excluding hydrogens is 236 g/mol. The van der Waals surface area contributed by atoms with Gasteiger partial charge in [0.1, 0.15) is 0 Å². The molecule has 0 saturated carbocycles. The Morgan fingerprint density at radius 1 is 1.44 bits per heavy atom. The van der Waals surface area contributed by atoms with Crippen molar-refractivity contribution in [3.05, 3.63) is 22.7 Å². The summed E-state index contributed by atoms with van der Waals surface area (Å²) in [6, 6.07) is 2.46. The third-order valence-electron chi connectivity index (χ3n) is 2.02. The summed E-state index contributed by atoms with van der Waals surface area (Å²) in [7, 11) is 2.50. The molecular formula is C10H11ClO5. The number of phenols is 1. The fourth-order valence-electron chi connectivity index (χ4n) is 1.17. The topological polar surface area (TPSA) is 76.0 Å². The van der Waals surface area contributed by atoms with Gasteiger partial charge in [0.15, 0.2) is 17.6 Å². The van der Waals surface area contributed by atoms with Gasteiger partial charge in [-0.2, -0.15) is 0 Å². The first-order chi connectivity index (χ1) is 7.51. The Hall–Kier alpha value is -1.46. The van der Waals surface area contributed by atoms with Gasteiger partial charge >= 0.3 is 5.97 Å². The van der Waals surface area contributed by atoms with E-state index in [1.165, 1.54) is 13.2 Å². The summed E-state index contributed by atoms with van der Waals surface area (Å²) in [5.74, 6) is -0.915. The zero-order chi connectivity index (χ0) is 12.3. The van der Waals surface area contributed by atoms with Crippen LogP contribution in [0.5, 0.6) is 11.5 Å². The summed E-state index contributed by atoms with van der Waals surface area (Å²) in [6.07, 6.45) is -1.53. The number of halogens is 1. The first kappa shape index (κ1) is 12.6. The molecule has 0 aliphatic rings. The number of carbonyl (C=O) groups excluding carboxylic acids is 1. The number of carbonyl (C=O) groups is 1. The molecule has 1 rings (SSSR count). The molecule has 5 nitrogen and oxygen atoms in total.